The van der Waals surface area contributed by atoms with Crippen molar-refractivity contribution in [2.45, 2.75) is 6.29 Å². The lowest BCUT2D eigenvalue weighted by molar-refractivity contribution is 0.575. The molecule has 0 bridgehead atoms. The van der Waals surface area contributed by atoms with Gasteiger partial charge in [0.1, 0.15) is 22.8 Å². The third kappa shape index (κ3) is 4.40. The van der Waals surface area contributed by atoms with Crippen LogP contribution in [0.5, 0.6) is 0 Å². The second-order valence-corrected chi connectivity index (χ2v) is 14.1. The van der Waals surface area contributed by atoms with E-state index in [9.17, 15) is 0 Å². The summed E-state index contributed by atoms with van der Waals surface area (Å²) in [7, 11) is 0. The predicted octanol–water partition coefficient (Wildman–Crippen LogP) is 11.7. The average Bonchev–Trinajstić information content (AvgIpc) is 3.87. The highest BCUT2D eigenvalue weighted by molar-refractivity contribution is 7.26. The van der Waals surface area contributed by atoms with Crippen molar-refractivity contribution in [1.82, 2.24) is 9.88 Å². The number of amidine groups is 2. The van der Waals surface area contributed by atoms with Crippen LogP contribution in [0.15, 0.2) is 172 Å². The summed E-state index contributed by atoms with van der Waals surface area (Å²) in [5.41, 5.74) is 8.37. The van der Waals surface area contributed by atoms with E-state index in [2.05, 4.69) is 149 Å². The molecule has 0 amide bonds. The van der Waals surface area contributed by atoms with E-state index in [4.69, 9.17) is 14.4 Å². The van der Waals surface area contributed by atoms with Crippen molar-refractivity contribution in [1.29, 1.82) is 0 Å². The Morgan fingerprint density at radius 2 is 1.16 bits per heavy atom. The summed E-state index contributed by atoms with van der Waals surface area (Å²) in [4.78, 5) is 10.7. The van der Waals surface area contributed by atoms with Crippen LogP contribution < -0.4 is 5.32 Å². The highest BCUT2D eigenvalue weighted by atomic mass is 32.1. The monoisotopic (exact) mass is 672 g/mol. The standard InChI is InChI=1S/C45H28N4OS/c1-2-11-27(12-3-1)43-46-44(34-17-10-16-33-32-15-6-9-20-41(32)51-42(33)34)48-45(47-43)49-37-18-7-4-13-30(37)35-25-28(21-23-38(35)49)29-22-24-40-36(26-29)31-14-5-8-19-39(31)50-40/h1-26,45H,(H,46,47,48). The summed E-state index contributed by atoms with van der Waals surface area (Å²) in [6, 6.07) is 55.5. The van der Waals surface area contributed by atoms with E-state index in [1.54, 1.807) is 0 Å². The van der Waals surface area contributed by atoms with Gasteiger partial charge in [-0.3, -0.25) is 4.57 Å². The molecule has 1 atom stereocenters. The first kappa shape index (κ1) is 28.3. The van der Waals surface area contributed by atoms with Gasteiger partial charge in [-0.05, 0) is 59.7 Å². The second-order valence-electron chi connectivity index (χ2n) is 13.0. The molecule has 7 aromatic carbocycles. The molecule has 3 aromatic heterocycles. The number of benzene rings is 7. The maximum atomic E-state index is 6.13. The zero-order chi connectivity index (χ0) is 33.5. The quantitative estimate of drug-likeness (QED) is 0.202. The van der Waals surface area contributed by atoms with Crippen LogP contribution in [0, 0.1) is 0 Å². The summed E-state index contributed by atoms with van der Waals surface area (Å²) >= 11 is 1.81. The summed E-state index contributed by atoms with van der Waals surface area (Å²) < 4.78 is 10.9. The minimum absolute atomic E-state index is 0.525. The summed E-state index contributed by atoms with van der Waals surface area (Å²) in [6.45, 7) is 0. The van der Waals surface area contributed by atoms with Crippen molar-refractivity contribution in [3.8, 4) is 11.1 Å². The number of fused-ring (bicyclic) bond motifs is 9. The molecule has 240 valence electrons. The van der Waals surface area contributed by atoms with E-state index in [0.717, 1.165) is 66.9 Å². The lowest BCUT2D eigenvalue weighted by Crippen LogP contribution is -2.37. The molecule has 0 aliphatic carbocycles. The maximum Gasteiger partial charge on any atom is 0.224 e. The Morgan fingerprint density at radius 1 is 0.490 bits per heavy atom. The first-order chi connectivity index (χ1) is 25.3. The van der Waals surface area contributed by atoms with Crippen LogP contribution in [0.3, 0.4) is 0 Å². The topological polar surface area (TPSA) is 54.8 Å². The van der Waals surface area contributed by atoms with Crippen LogP contribution in [0.4, 0.5) is 0 Å². The van der Waals surface area contributed by atoms with Crippen molar-refractivity contribution in [2.75, 3.05) is 0 Å². The molecule has 1 aliphatic heterocycles. The fourth-order valence-electron chi connectivity index (χ4n) is 7.70. The van der Waals surface area contributed by atoms with Gasteiger partial charge < -0.3 is 9.73 Å². The molecule has 0 fully saturated rings. The highest BCUT2D eigenvalue weighted by Crippen LogP contribution is 2.40. The van der Waals surface area contributed by atoms with E-state index in [-0.39, 0.29) is 0 Å². The molecule has 0 saturated carbocycles. The average molecular weight is 673 g/mol. The molecule has 5 nitrogen and oxygen atoms in total. The Balaban J connectivity index is 1.11. The van der Waals surface area contributed by atoms with Crippen molar-refractivity contribution in [3.63, 3.8) is 0 Å². The first-order valence-electron chi connectivity index (χ1n) is 17.1. The minimum atomic E-state index is -0.525. The highest BCUT2D eigenvalue weighted by Gasteiger charge is 2.25. The SMILES string of the molecule is c1ccc(C2=NC(n3c4ccccc4c4cc(-c5ccc6oc7ccccc7c6c5)ccc43)N=C(c3cccc4c3sc3ccccc34)N2)cc1. The Kier molecular flexibility index (Phi) is 6.12. The third-order valence-corrected chi connectivity index (χ3v) is 11.3. The Bertz CT molecular complexity index is 3070. The van der Waals surface area contributed by atoms with Crippen LogP contribution in [-0.4, -0.2) is 16.2 Å². The Labute approximate surface area is 296 Å². The van der Waals surface area contributed by atoms with Gasteiger partial charge >= 0.3 is 0 Å². The molecule has 0 radical (unpaired) electrons. The van der Waals surface area contributed by atoms with Crippen LogP contribution >= 0.6 is 11.3 Å². The first-order valence-corrected chi connectivity index (χ1v) is 17.9. The second kappa shape index (κ2) is 11.0. The number of furan rings is 1. The van der Waals surface area contributed by atoms with Gasteiger partial charge in [-0.2, -0.15) is 0 Å². The number of rotatable bonds is 4. The van der Waals surface area contributed by atoms with E-state index < -0.39 is 6.29 Å². The van der Waals surface area contributed by atoms with Crippen molar-refractivity contribution >= 4 is 86.9 Å². The van der Waals surface area contributed by atoms with Gasteiger partial charge in [-0.15, -0.1) is 11.3 Å². The number of thiophene rings is 1. The number of nitrogens with one attached hydrogen (secondary N) is 1. The molecule has 1 unspecified atom stereocenters. The molecule has 4 heterocycles. The summed E-state index contributed by atoms with van der Waals surface area (Å²) in [6.07, 6.45) is -0.525. The number of hydrogen-bond acceptors (Lipinski definition) is 5. The van der Waals surface area contributed by atoms with E-state index >= 15 is 0 Å². The van der Waals surface area contributed by atoms with Crippen molar-refractivity contribution < 1.29 is 4.42 Å². The van der Waals surface area contributed by atoms with Gasteiger partial charge in [-0.25, -0.2) is 9.98 Å². The maximum absolute atomic E-state index is 6.13. The summed E-state index contributed by atoms with van der Waals surface area (Å²) in [5, 5.41) is 10.7. The molecule has 6 heteroatoms. The minimum Gasteiger partial charge on any atom is -0.456 e. The van der Waals surface area contributed by atoms with Gasteiger partial charge in [0.2, 0.25) is 6.29 Å². The summed E-state index contributed by atoms with van der Waals surface area (Å²) in [5.74, 6) is 1.61. The van der Waals surface area contributed by atoms with E-state index in [1.165, 1.54) is 30.9 Å². The number of aromatic nitrogens is 1. The van der Waals surface area contributed by atoms with E-state index in [1.807, 2.05) is 29.5 Å². The zero-order valence-electron chi connectivity index (χ0n) is 27.2. The normalized spacial score (nSPS) is 14.9. The Morgan fingerprint density at radius 3 is 2.06 bits per heavy atom. The molecule has 1 aliphatic rings. The van der Waals surface area contributed by atoms with Crippen LogP contribution in [-0.2, 0) is 0 Å². The smallest absolute Gasteiger partial charge is 0.224 e. The fourth-order valence-corrected chi connectivity index (χ4v) is 8.92. The van der Waals surface area contributed by atoms with Gasteiger partial charge in [0, 0.05) is 52.8 Å². The van der Waals surface area contributed by atoms with E-state index in [0.29, 0.717) is 0 Å². The fraction of sp³-hybridized carbons (Fsp3) is 0.0222. The van der Waals surface area contributed by atoms with Gasteiger partial charge in [-0.1, -0.05) is 109 Å². The number of para-hydroxylation sites is 2. The number of aliphatic imine (C=N–C) groups is 2. The molecule has 51 heavy (non-hydrogen) atoms. The predicted molar refractivity (Wildman–Crippen MR) is 213 cm³/mol. The van der Waals surface area contributed by atoms with Crippen molar-refractivity contribution in [2.24, 2.45) is 9.98 Å². The van der Waals surface area contributed by atoms with Gasteiger partial charge in [0.15, 0.2) is 0 Å². The molecule has 11 rings (SSSR count). The third-order valence-electron chi connectivity index (χ3n) is 10.1. The van der Waals surface area contributed by atoms with Gasteiger partial charge in [0.05, 0.1) is 11.0 Å². The van der Waals surface area contributed by atoms with Crippen LogP contribution in [0.1, 0.15) is 17.4 Å². The molecular weight excluding hydrogens is 645 g/mol. The molecule has 1 N–H and O–H groups in total. The van der Waals surface area contributed by atoms with Crippen LogP contribution in [0.2, 0.25) is 0 Å². The number of nitrogens with zero attached hydrogens (tertiary/aromatic N) is 3. The molecular formula is C45H28N4OS. The van der Waals surface area contributed by atoms with Crippen molar-refractivity contribution in [3.05, 3.63) is 169 Å². The van der Waals surface area contributed by atoms with Crippen LogP contribution in [0.25, 0.3) is 75.0 Å². The zero-order valence-corrected chi connectivity index (χ0v) is 28.1. The van der Waals surface area contributed by atoms with Gasteiger partial charge in [0.25, 0.3) is 0 Å². The Hall–Kier alpha value is -6.50. The molecule has 10 aromatic rings. The lowest BCUT2D eigenvalue weighted by Gasteiger charge is -2.24. The molecule has 0 spiro atoms. The largest absolute Gasteiger partial charge is 0.456 e. The molecule has 0 saturated heterocycles. The number of hydrogen-bond donors (Lipinski definition) is 1. The lowest BCUT2D eigenvalue weighted by atomic mass is 10.0.